The third-order valence-corrected chi connectivity index (χ3v) is 7.66. The summed E-state index contributed by atoms with van der Waals surface area (Å²) < 4.78 is 16.0. The van der Waals surface area contributed by atoms with E-state index in [1.165, 1.54) is 4.90 Å². The minimum Gasteiger partial charge on any atom is -0.377 e. The Morgan fingerprint density at radius 3 is 2.32 bits per heavy atom. The highest BCUT2D eigenvalue weighted by molar-refractivity contribution is 7.99. The molecule has 8 heteroatoms. The number of thioether (sulfide) groups is 1. The van der Waals surface area contributed by atoms with Crippen molar-refractivity contribution >= 4 is 26.5 Å². The van der Waals surface area contributed by atoms with Gasteiger partial charge in [-0.1, -0.05) is 0 Å². The molecule has 0 aromatic heterocycles. The topological polar surface area (TPSA) is 68.0 Å². The summed E-state index contributed by atoms with van der Waals surface area (Å²) in [4.78, 5) is 12.9. The van der Waals surface area contributed by atoms with Gasteiger partial charge in [-0.05, 0) is 19.1 Å². The Balaban J connectivity index is 2.20. The molecule has 0 spiro atoms. The van der Waals surface area contributed by atoms with Gasteiger partial charge in [0.15, 0.2) is 0 Å². The fraction of sp³-hybridized carbons (Fsp3) is 0.909. The Morgan fingerprint density at radius 2 is 1.89 bits per heavy atom. The number of hydrogen-bond donors (Lipinski definition) is 1. The fourth-order valence-electron chi connectivity index (χ4n) is 1.98. The molecule has 1 aliphatic rings. The number of carbonyl (C=O) groups is 1. The molecule has 1 saturated heterocycles. The molecule has 0 aliphatic carbocycles. The molecule has 19 heavy (non-hydrogen) atoms. The first-order valence-electron chi connectivity index (χ1n) is 6.16. The summed E-state index contributed by atoms with van der Waals surface area (Å²) in [5.41, 5.74) is -0.475. The van der Waals surface area contributed by atoms with Gasteiger partial charge in [0.1, 0.15) is 12.3 Å². The second kappa shape index (κ2) is 7.05. The lowest BCUT2D eigenvalue weighted by molar-refractivity contribution is -0.115. The van der Waals surface area contributed by atoms with Crippen molar-refractivity contribution in [3.63, 3.8) is 0 Å². The summed E-state index contributed by atoms with van der Waals surface area (Å²) in [7, 11) is 2.36. The molecule has 0 bridgehead atoms. The van der Waals surface area contributed by atoms with Crippen LogP contribution in [0.1, 0.15) is 13.3 Å². The molecule has 1 atom stereocenters. The molecule has 1 rings (SSSR count). The third-order valence-electron chi connectivity index (χ3n) is 3.48. The fourth-order valence-corrected chi connectivity index (χ4v) is 5.12. The van der Waals surface area contributed by atoms with Crippen molar-refractivity contribution in [1.29, 1.82) is 0 Å². The lowest BCUT2D eigenvalue weighted by atomic mass is 10.2. The Kier molecular flexibility index (Phi) is 6.28. The molecule has 6 nitrogen and oxygen atoms in total. The molecular weight excluding hydrogens is 286 g/mol. The maximum atomic E-state index is 11.4. The van der Waals surface area contributed by atoms with Crippen molar-refractivity contribution in [1.82, 2.24) is 4.90 Å². The molecule has 1 aliphatic heterocycles. The summed E-state index contributed by atoms with van der Waals surface area (Å²) in [5, 5.41) is 8.97. The van der Waals surface area contributed by atoms with Crippen molar-refractivity contribution in [2.75, 3.05) is 39.6 Å². The van der Waals surface area contributed by atoms with Gasteiger partial charge in [0.2, 0.25) is 0 Å². The highest BCUT2D eigenvalue weighted by atomic mass is 32.2. The minimum absolute atomic E-state index is 0.0249. The van der Waals surface area contributed by atoms with Gasteiger partial charge < -0.3 is 23.3 Å². The molecule has 112 valence electrons. The van der Waals surface area contributed by atoms with Gasteiger partial charge in [-0.3, -0.25) is 4.79 Å². The zero-order valence-electron chi connectivity index (χ0n) is 12.0. The summed E-state index contributed by atoms with van der Waals surface area (Å²) in [6.45, 7) is 1.67. The first-order valence-corrected chi connectivity index (χ1v) is 9.24. The Labute approximate surface area is 119 Å². The van der Waals surface area contributed by atoms with Crippen LogP contribution in [0.3, 0.4) is 0 Å². The van der Waals surface area contributed by atoms with E-state index >= 15 is 0 Å². The Hall–Kier alpha value is -0.123. The maximum absolute atomic E-state index is 11.4. The Bertz CT molecular complexity index is 307. The van der Waals surface area contributed by atoms with E-state index in [1.54, 1.807) is 33.1 Å². The maximum Gasteiger partial charge on any atom is 0.500 e. The predicted molar refractivity (Wildman–Crippen MR) is 75.9 cm³/mol. The third kappa shape index (κ3) is 3.70. The van der Waals surface area contributed by atoms with Gasteiger partial charge in [-0.15, -0.1) is 0 Å². The second-order valence-electron chi connectivity index (χ2n) is 4.60. The lowest BCUT2D eigenvalue weighted by Crippen LogP contribution is -2.42. The predicted octanol–water partition coefficient (Wildman–Crippen LogP) is 0.538. The van der Waals surface area contributed by atoms with Crippen LogP contribution in [0.4, 0.5) is 0 Å². The zero-order chi connectivity index (χ0) is 14.5. The zero-order valence-corrected chi connectivity index (χ0v) is 13.8. The largest absolute Gasteiger partial charge is 0.500 e. The van der Waals surface area contributed by atoms with E-state index in [9.17, 15) is 4.79 Å². The number of amides is 1. The van der Waals surface area contributed by atoms with Crippen LogP contribution >= 0.6 is 11.8 Å². The number of hydrogen-bond acceptors (Lipinski definition) is 6. The van der Waals surface area contributed by atoms with Gasteiger partial charge in [0.25, 0.3) is 5.91 Å². The van der Waals surface area contributed by atoms with Crippen molar-refractivity contribution in [2.24, 2.45) is 0 Å². The van der Waals surface area contributed by atoms with Crippen molar-refractivity contribution in [3.05, 3.63) is 0 Å². The van der Waals surface area contributed by atoms with Crippen LogP contribution in [0.2, 0.25) is 6.04 Å². The normalized spacial score (nSPS) is 23.0. The summed E-state index contributed by atoms with van der Waals surface area (Å²) in [6.07, 6.45) is 0.913. The van der Waals surface area contributed by atoms with E-state index < -0.39 is 14.3 Å². The van der Waals surface area contributed by atoms with E-state index in [4.69, 9.17) is 18.4 Å². The van der Waals surface area contributed by atoms with E-state index in [0.717, 1.165) is 18.2 Å². The highest BCUT2D eigenvalue weighted by Crippen LogP contribution is 2.36. The van der Waals surface area contributed by atoms with Crippen LogP contribution in [0.5, 0.6) is 0 Å². The molecule has 1 N–H and O–H groups in total. The van der Waals surface area contributed by atoms with Crippen LogP contribution in [-0.4, -0.2) is 69.8 Å². The minimum atomic E-state index is -2.46. The Morgan fingerprint density at radius 1 is 1.32 bits per heavy atom. The van der Waals surface area contributed by atoms with Crippen LogP contribution < -0.4 is 0 Å². The molecule has 0 aromatic rings. The quantitative estimate of drug-likeness (QED) is 0.361. The van der Waals surface area contributed by atoms with Crippen LogP contribution in [0.15, 0.2) is 0 Å². The van der Waals surface area contributed by atoms with Crippen molar-refractivity contribution < 1.29 is 23.2 Å². The van der Waals surface area contributed by atoms with Gasteiger partial charge in [0, 0.05) is 33.1 Å². The molecule has 1 unspecified atom stereocenters. The first-order chi connectivity index (χ1) is 8.99. The van der Waals surface area contributed by atoms with Gasteiger partial charge in [-0.25, -0.2) is 0 Å². The van der Waals surface area contributed by atoms with Gasteiger partial charge in [0.05, 0.1) is 0 Å². The van der Waals surface area contributed by atoms with Crippen LogP contribution in [0.25, 0.3) is 0 Å². The van der Waals surface area contributed by atoms with E-state index in [2.05, 4.69) is 0 Å². The number of nitrogens with zero attached hydrogens (tertiary/aromatic N) is 1. The van der Waals surface area contributed by atoms with E-state index in [0.29, 0.717) is 5.75 Å². The molecule has 0 aromatic carbocycles. The molecular formula is C11H23NO5SSi. The number of rotatable bonds is 10. The second-order valence-corrected chi connectivity index (χ2v) is 8.80. The lowest BCUT2D eigenvalue weighted by Gasteiger charge is -2.24. The molecule has 1 amide bonds. The summed E-state index contributed by atoms with van der Waals surface area (Å²) in [6, 6.07) is 0.762. The monoisotopic (exact) mass is 309 g/mol. The summed E-state index contributed by atoms with van der Waals surface area (Å²) in [5.74, 6) is 1.64. The van der Waals surface area contributed by atoms with Crippen molar-refractivity contribution in [3.8, 4) is 0 Å². The average molecular weight is 309 g/mol. The highest BCUT2D eigenvalue weighted by Gasteiger charge is 2.57. The van der Waals surface area contributed by atoms with Gasteiger partial charge >= 0.3 is 8.80 Å². The van der Waals surface area contributed by atoms with Crippen LogP contribution in [0, 0.1) is 0 Å². The smallest absolute Gasteiger partial charge is 0.377 e. The molecule has 1 heterocycles. The summed E-state index contributed by atoms with van der Waals surface area (Å²) >= 11 is 1.70. The van der Waals surface area contributed by atoms with Gasteiger partial charge in [-0.2, -0.15) is 11.8 Å². The molecule has 0 saturated carbocycles. The SMILES string of the molecule is CO[Si](CCCSCC1(C)C(=O)N1CO)(OC)OC. The van der Waals surface area contributed by atoms with E-state index in [-0.39, 0.29) is 12.6 Å². The number of aliphatic hydroxyl groups excluding tert-OH is 1. The average Bonchev–Trinajstić information content (AvgIpc) is 2.96. The number of aliphatic hydroxyl groups is 1. The molecule has 0 radical (unpaired) electrons. The van der Waals surface area contributed by atoms with E-state index in [1.807, 2.05) is 6.92 Å². The first kappa shape index (κ1) is 16.9. The van der Waals surface area contributed by atoms with Crippen LogP contribution in [-0.2, 0) is 18.1 Å². The molecule has 1 fully saturated rings. The number of carbonyl (C=O) groups excluding carboxylic acids is 1. The standard InChI is InChI=1S/C11H23NO5SSi/c1-11(10(14)12(11)9-13)8-18-6-5-7-19(15-2,16-3)17-4/h13H,5-9H2,1-4H3. The van der Waals surface area contributed by atoms with Crippen molar-refractivity contribution in [2.45, 2.75) is 24.9 Å².